The highest BCUT2D eigenvalue weighted by Gasteiger charge is 2.38. The van der Waals surface area contributed by atoms with Crippen LogP contribution in [0.15, 0.2) is 24.3 Å². The molecule has 1 aromatic rings. The van der Waals surface area contributed by atoms with Crippen molar-refractivity contribution >= 4 is 17.5 Å². The quantitative estimate of drug-likeness (QED) is 0.812. The van der Waals surface area contributed by atoms with Crippen LogP contribution in [0.3, 0.4) is 0 Å². The van der Waals surface area contributed by atoms with E-state index in [9.17, 15) is 18.0 Å². The summed E-state index contributed by atoms with van der Waals surface area (Å²) in [7, 11) is 0. The van der Waals surface area contributed by atoms with E-state index in [0.717, 1.165) is 12.0 Å². The van der Waals surface area contributed by atoms with Gasteiger partial charge >= 0.3 is 12.1 Å². The first kappa shape index (κ1) is 16.8. The lowest BCUT2D eigenvalue weighted by Crippen LogP contribution is -2.36. The lowest BCUT2D eigenvalue weighted by molar-refractivity contribution is -0.173. The Morgan fingerprint density at radius 2 is 1.80 bits per heavy atom. The predicted molar refractivity (Wildman–Crippen MR) is 72.4 cm³/mol. The summed E-state index contributed by atoms with van der Waals surface area (Å²) >= 11 is 6.22. The van der Waals surface area contributed by atoms with E-state index in [-0.39, 0.29) is 11.9 Å². The van der Waals surface area contributed by atoms with Crippen LogP contribution in [0.4, 0.5) is 13.2 Å². The van der Waals surface area contributed by atoms with Gasteiger partial charge in [0.2, 0.25) is 0 Å². The van der Waals surface area contributed by atoms with E-state index in [1.165, 1.54) is 0 Å². The van der Waals surface area contributed by atoms with Crippen LogP contribution in [0, 0.1) is 5.92 Å². The lowest BCUT2D eigenvalue weighted by atomic mass is 10.0. The Morgan fingerprint density at radius 1 is 1.25 bits per heavy atom. The Kier molecular flexibility index (Phi) is 5.87. The van der Waals surface area contributed by atoms with Gasteiger partial charge in [-0.15, -0.1) is 11.6 Å². The Labute approximate surface area is 121 Å². The topological polar surface area (TPSA) is 29.1 Å². The normalized spacial score (nSPS) is 13.3. The van der Waals surface area contributed by atoms with Crippen molar-refractivity contribution in [3.05, 3.63) is 35.4 Å². The Hall–Kier alpha value is -1.23. The number of amides is 1. The Bertz CT molecular complexity index is 443. The second kappa shape index (κ2) is 6.97. The first-order valence-corrected chi connectivity index (χ1v) is 6.71. The number of nitrogens with one attached hydrogen (secondary N) is 1. The van der Waals surface area contributed by atoms with Gasteiger partial charge in [0.1, 0.15) is 0 Å². The Morgan fingerprint density at radius 3 is 2.25 bits per heavy atom. The summed E-state index contributed by atoms with van der Waals surface area (Å²) in [6.45, 7) is 3.97. The van der Waals surface area contributed by atoms with Gasteiger partial charge in [0.25, 0.3) is 0 Å². The van der Waals surface area contributed by atoms with Crippen LogP contribution in [0.1, 0.15) is 36.8 Å². The summed E-state index contributed by atoms with van der Waals surface area (Å²) in [4.78, 5) is 10.7. The molecule has 1 rings (SSSR count). The number of halogens is 4. The number of carbonyl (C=O) groups excluding carboxylic acids is 1. The molecule has 6 heteroatoms. The third kappa shape index (κ3) is 5.41. The van der Waals surface area contributed by atoms with Crippen LogP contribution in [0.2, 0.25) is 0 Å². The highest BCUT2D eigenvalue weighted by atomic mass is 35.5. The van der Waals surface area contributed by atoms with Crippen LogP contribution in [0.5, 0.6) is 0 Å². The van der Waals surface area contributed by atoms with Crippen LogP contribution in [0.25, 0.3) is 0 Å². The van der Waals surface area contributed by atoms with Crippen LogP contribution < -0.4 is 5.32 Å². The van der Waals surface area contributed by atoms with E-state index in [1.807, 2.05) is 5.32 Å². The maximum absolute atomic E-state index is 12.0. The van der Waals surface area contributed by atoms with Gasteiger partial charge in [0, 0.05) is 6.54 Å². The highest BCUT2D eigenvalue weighted by Crippen LogP contribution is 2.27. The molecule has 1 N–H and O–H groups in total. The van der Waals surface area contributed by atoms with E-state index in [2.05, 4.69) is 13.8 Å². The first-order valence-electron chi connectivity index (χ1n) is 6.28. The maximum Gasteiger partial charge on any atom is 0.471 e. The van der Waals surface area contributed by atoms with Gasteiger partial charge in [-0.1, -0.05) is 38.1 Å². The van der Waals surface area contributed by atoms with Crippen molar-refractivity contribution in [2.24, 2.45) is 5.92 Å². The molecule has 1 atom stereocenters. The van der Waals surface area contributed by atoms with Gasteiger partial charge in [0.15, 0.2) is 0 Å². The van der Waals surface area contributed by atoms with Crippen molar-refractivity contribution in [1.29, 1.82) is 0 Å². The smallest absolute Gasteiger partial charge is 0.344 e. The van der Waals surface area contributed by atoms with Crippen LogP contribution >= 0.6 is 11.6 Å². The van der Waals surface area contributed by atoms with Crippen molar-refractivity contribution in [3.8, 4) is 0 Å². The summed E-state index contributed by atoms with van der Waals surface area (Å²) in [6, 6.07) is 6.88. The van der Waals surface area contributed by atoms with Gasteiger partial charge < -0.3 is 5.32 Å². The molecule has 2 nitrogen and oxygen atoms in total. The van der Waals surface area contributed by atoms with E-state index < -0.39 is 12.1 Å². The fourth-order valence-electron chi connectivity index (χ4n) is 1.68. The summed E-state index contributed by atoms with van der Waals surface area (Å²) in [5.41, 5.74) is 1.52. The molecule has 0 saturated heterocycles. The van der Waals surface area contributed by atoms with Crippen molar-refractivity contribution in [2.75, 3.05) is 0 Å². The molecule has 1 unspecified atom stereocenters. The number of hydrogen-bond acceptors (Lipinski definition) is 1. The second-order valence-electron chi connectivity index (χ2n) is 5.02. The fourth-order valence-corrected chi connectivity index (χ4v) is 2.18. The SMILES string of the molecule is CC(C)CC(Cl)c1ccc(CNC(=O)C(F)(F)F)cc1. The minimum Gasteiger partial charge on any atom is -0.344 e. The maximum atomic E-state index is 12.0. The standard InChI is InChI=1S/C14H17ClF3NO/c1-9(2)7-12(15)11-5-3-10(4-6-11)8-19-13(20)14(16,17)18/h3-6,9,12H,7-8H2,1-2H3,(H,19,20). The summed E-state index contributed by atoms with van der Waals surface area (Å²) in [5.74, 6) is -1.47. The van der Waals surface area contributed by atoms with E-state index in [4.69, 9.17) is 11.6 Å². The van der Waals surface area contributed by atoms with Crippen molar-refractivity contribution in [3.63, 3.8) is 0 Å². The number of benzene rings is 1. The van der Waals surface area contributed by atoms with Crippen molar-refractivity contribution in [2.45, 2.75) is 38.4 Å². The summed E-state index contributed by atoms with van der Waals surface area (Å²) in [5, 5.41) is 1.71. The number of carbonyl (C=O) groups is 1. The monoisotopic (exact) mass is 307 g/mol. The molecule has 0 bridgehead atoms. The number of hydrogen-bond donors (Lipinski definition) is 1. The van der Waals surface area contributed by atoms with Gasteiger partial charge in [-0.3, -0.25) is 4.79 Å². The van der Waals surface area contributed by atoms with Gasteiger partial charge in [-0.05, 0) is 23.5 Å². The van der Waals surface area contributed by atoms with Gasteiger partial charge in [-0.25, -0.2) is 0 Å². The molecule has 1 aromatic carbocycles. The zero-order chi connectivity index (χ0) is 15.3. The fraction of sp³-hybridized carbons (Fsp3) is 0.500. The molecular formula is C14H17ClF3NO. The molecule has 0 aliphatic heterocycles. The van der Waals surface area contributed by atoms with Crippen LogP contribution in [-0.4, -0.2) is 12.1 Å². The van der Waals surface area contributed by atoms with E-state index in [1.54, 1.807) is 24.3 Å². The Balaban J connectivity index is 2.57. The third-order valence-electron chi connectivity index (χ3n) is 2.73. The summed E-state index contributed by atoms with van der Waals surface area (Å²) in [6.07, 6.45) is -4.02. The third-order valence-corrected chi connectivity index (χ3v) is 3.16. The zero-order valence-electron chi connectivity index (χ0n) is 11.3. The molecule has 0 saturated carbocycles. The summed E-state index contributed by atoms with van der Waals surface area (Å²) < 4.78 is 36.0. The van der Waals surface area contributed by atoms with E-state index >= 15 is 0 Å². The molecule has 20 heavy (non-hydrogen) atoms. The zero-order valence-corrected chi connectivity index (χ0v) is 12.1. The second-order valence-corrected chi connectivity index (χ2v) is 5.55. The highest BCUT2D eigenvalue weighted by molar-refractivity contribution is 6.20. The molecule has 0 aliphatic carbocycles. The van der Waals surface area contributed by atoms with Gasteiger partial charge in [0.05, 0.1) is 5.38 Å². The minimum atomic E-state index is -4.85. The van der Waals surface area contributed by atoms with Crippen LogP contribution in [-0.2, 0) is 11.3 Å². The molecular weight excluding hydrogens is 291 g/mol. The molecule has 1 amide bonds. The van der Waals surface area contributed by atoms with E-state index in [0.29, 0.717) is 11.5 Å². The number of alkyl halides is 4. The number of rotatable bonds is 5. The average Bonchev–Trinajstić information content (AvgIpc) is 2.34. The molecule has 0 aliphatic rings. The average molecular weight is 308 g/mol. The molecule has 0 fully saturated rings. The van der Waals surface area contributed by atoms with Gasteiger partial charge in [-0.2, -0.15) is 13.2 Å². The first-order chi connectivity index (χ1) is 9.20. The molecule has 0 aromatic heterocycles. The van der Waals surface area contributed by atoms with Crippen molar-refractivity contribution < 1.29 is 18.0 Å². The molecule has 0 heterocycles. The lowest BCUT2D eigenvalue weighted by Gasteiger charge is -2.13. The predicted octanol–water partition coefficient (Wildman–Crippen LogP) is 4.19. The van der Waals surface area contributed by atoms with Crippen molar-refractivity contribution in [1.82, 2.24) is 5.32 Å². The molecule has 112 valence electrons. The molecule has 0 spiro atoms. The molecule has 0 radical (unpaired) electrons. The largest absolute Gasteiger partial charge is 0.471 e. The minimum absolute atomic E-state index is 0.117.